The van der Waals surface area contributed by atoms with Gasteiger partial charge in [-0.1, -0.05) is 23.4 Å². The molecule has 1 aromatic carbocycles. The lowest BCUT2D eigenvalue weighted by Gasteiger charge is -2.05. The summed E-state index contributed by atoms with van der Waals surface area (Å²) < 4.78 is 11.7. The first-order valence-electron chi connectivity index (χ1n) is 5.96. The number of rotatable bonds is 6. The van der Waals surface area contributed by atoms with Crippen LogP contribution in [-0.4, -0.2) is 34.7 Å². The molecule has 0 atom stereocenters. The maximum Gasteiger partial charge on any atom is 0.360 e. The fraction of sp³-hybridized carbons (Fsp3) is 0.308. The molecule has 2 rings (SSSR count). The number of hydrogen-bond acceptors (Lipinski definition) is 5. The van der Waals surface area contributed by atoms with Crippen LogP contribution in [0.25, 0.3) is 0 Å². The first-order chi connectivity index (χ1) is 9.29. The standard InChI is InChI=1S/C13H15N3O3/c1-18-13(17)12-10-16(15-14-12)8-5-9-19-11-6-3-2-4-7-11/h2-4,6-7,10H,5,8-9H2,1H3. The molecule has 19 heavy (non-hydrogen) atoms. The molecular formula is C13H15N3O3. The number of ether oxygens (including phenoxy) is 2. The summed E-state index contributed by atoms with van der Waals surface area (Å²) in [6.07, 6.45) is 2.34. The highest BCUT2D eigenvalue weighted by molar-refractivity contribution is 5.86. The Kier molecular flexibility index (Phi) is 4.49. The molecule has 1 heterocycles. The zero-order valence-electron chi connectivity index (χ0n) is 10.7. The van der Waals surface area contributed by atoms with Gasteiger partial charge in [-0.25, -0.2) is 4.79 Å². The van der Waals surface area contributed by atoms with Gasteiger partial charge in [0.15, 0.2) is 5.69 Å². The summed E-state index contributed by atoms with van der Waals surface area (Å²) in [6, 6.07) is 9.61. The Hall–Kier alpha value is -2.37. The van der Waals surface area contributed by atoms with Crippen LogP contribution in [0.2, 0.25) is 0 Å². The van der Waals surface area contributed by atoms with Crippen LogP contribution >= 0.6 is 0 Å². The van der Waals surface area contributed by atoms with Crippen molar-refractivity contribution in [3.05, 3.63) is 42.2 Å². The first kappa shape index (κ1) is 13.1. The van der Waals surface area contributed by atoms with Crippen LogP contribution in [0.15, 0.2) is 36.5 Å². The van der Waals surface area contributed by atoms with E-state index in [1.807, 2.05) is 30.3 Å². The second kappa shape index (κ2) is 6.53. The van der Waals surface area contributed by atoms with Gasteiger partial charge in [-0.2, -0.15) is 0 Å². The molecule has 6 nitrogen and oxygen atoms in total. The largest absolute Gasteiger partial charge is 0.494 e. The van der Waals surface area contributed by atoms with Gasteiger partial charge >= 0.3 is 5.97 Å². The minimum Gasteiger partial charge on any atom is -0.494 e. The number of methoxy groups -OCH3 is 1. The third-order valence-corrected chi connectivity index (χ3v) is 2.48. The molecule has 0 unspecified atom stereocenters. The van der Waals surface area contributed by atoms with Gasteiger partial charge in [-0.05, 0) is 12.1 Å². The molecule has 0 aliphatic rings. The molecule has 2 aromatic rings. The van der Waals surface area contributed by atoms with Gasteiger partial charge in [0.1, 0.15) is 5.75 Å². The third kappa shape index (κ3) is 3.80. The summed E-state index contributed by atoms with van der Waals surface area (Å²) in [5.41, 5.74) is 0.214. The van der Waals surface area contributed by atoms with E-state index in [1.54, 1.807) is 10.9 Å². The predicted molar refractivity (Wildman–Crippen MR) is 67.9 cm³/mol. The second-order valence-corrected chi connectivity index (χ2v) is 3.87. The van der Waals surface area contributed by atoms with Crippen molar-refractivity contribution >= 4 is 5.97 Å². The number of esters is 1. The maximum atomic E-state index is 11.2. The van der Waals surface area contributed by atoms with Crippen molar-refractivity contribution in [2.24, 2.45) is 0 Å². The van der Waals surface area contributed by atoms with Crippen molar-refractivity contribution in [3.8, 4) is 5.75 Å². The molecule has 0 aliphatic heterocycles. The normalized spacial score (nSPS) is 10.2. The van der Waals surface area contributed by atoms with E-state index in [-0.39, 0.29) is 5.69 Å². The van der Waals surface area contributed by atoms with Crippen LogP contribution in [0.1, 0.15) is 16.9 Å². The highest BCUT2D eigenvalue weighted by atomic mass is 16.5. The SMILES string of the molecule is COC(=O)c1cn(CCCOc2ccccc2)nn1. The highest BCUT2D eigenvalue weighted by Crippen LogP contribution is 2.08. The van der Waals surface area contributed by atoms with E-state index in [9.17, 15) is 4.79 Å². The summed E-state index contributed by atoms with van der Waals surface area (Å²) in [6.45, 7) is 1.22. The monoisotopic (exact) mass is 261 g/mol. The fourth-order valence-corrected chi connectivity index (χ4v) is 1.54. The molecule has 100 valence electrons. The average molecular weight is 261 g/mol. The Balaban J connectivity index is 1.74. The summed E-state index contributed by atoms with van der Waals surface area (Å²) >= 11 is 0. The zero-order chi connectivity index (χ0) is 13.5. The van der Waals surface area contributed by atoms with Gasteiger partial charge in [0, 0.05) is 13.0 Å². The van der Waals surface area contributed by atoms with Crippen molar-refractivity contribution in [1.29, 1.82) is 0 Å². The van der Waals surface area contributed by atoms with E-state index in [4.69, 9.17) is 4.74 Å². The lowest BCUT2D eigenvalue weighted by atomic mass is 10.3. The molecule has 1 aromatic heterocycles. The average Bonchev–Trinajstić information content (AvgIpc) is 2.93. The Labute approximate surface area is 110 Å². The lowest BCUT2D eigenvalue weighted by Crippen LogP contribution is -2.05. The van der Waals surface area contributed by atoms with E-state index in [2.05, 4.69) is 15.0 Å². The Morgan fingerprint density at radius 1 is 1.32 bits per heavy atom. The number of para-hydroxylation sites is 1. The third-order valence-electron chi connectivity index (χ3n) is 2.48. The molecule has 0 N–H and O–H groups in total. The molecule has 0 fully saturated rings. The summed E-state index contributed by atoms with van der Waals surface area (Å²) in [4.78, 5) is 11.2. The first-order valence-corrected chi connectivity index (χ1v) is 5.96. The highest BCUT2D eigenvalue weighted by Gasteiger charge is 2.09. The Morgan fingerprint density at radius 2 is 2.11 bits per heavy atom. The lowest BCUT2D eigenvalue weighted by molar-refractivity contribution is 0.0594. The van der Waals surface area contributed by atoms with E-state index in [0.29, 0.717) is 13.2 Å². The predicted octanol–water partition coefficient (Wildman–Crippen LogP) is 1.53. The molecule has 0 saturated carbocycles. The minimum absolute atomic E-state index is 0.214. The number of carbonyl (C=O) groups excluding carboxylic acids is 1. The minimum atomic E-state index is -0.480. The van der Waals surface area contributed by atoms with Crippen molar-refractivity contribution in [2.45, 2.75) is 13.0 Å². The van der Waals surface area contributed by atoms with Gasteiger partial charge in [-0.15, -0.1) is 5.10 Å². The van der Waals surface area contributed by atoms with Crippen molar-refractivity contribution < 1.29 is 14.3 Å². The molecule has 6 heteroatoms. The summed E-state index contributed by atoms with van der Waals surface area (Å²) in [5, 5.41) is 7.56. The van der Waals surface area contributed by atoms with E-state index in [0.717, 1.165) is 12.2 Å². The molecule has 0 amide bonds. The summed E-state index contributed by atoms with van der Waals surface area (Å²) in [5.74, 6) is 0.364. The van der Waals surface area contributed by atoms with Crippen LogP contribution in [-0.2, 0) is 11.3 Å². The smallest absolute Gasteiger partial charge is 0.360 e. The quantitative estimate of drug-likeness (QED) is 0.583. The van der Waals surface area contributed by atoms with Gasteiger partial charge in [0.2, 0.25) is 0 Å². The number of benzene rings is 1. The second-order valence-electron chi connectivity index (χ2n) is 3.87. The van der Waals surface area contributed by atoms with Crippen LogP contribution in [0, 0.1) is 0 Å². The van der Waals surface area contributed by atoms with Crippen LogP contribution in [0.3, 0.4) is 0 Å². The van der Waals surface area contributed by atoms with E-state index >= 15 is 0 Å². The van der Waals surface area contributed by atoms with Crippen molar-refractivity contribution in [2.75, 3.05) is 13.7 Å². The van der Waals surface area contributed by atoms with E-state index in [1.165, 1.54) is 7.11 Å². The van der Waals surface area contributed by atoms with Crippen LogP contribution in [0.5, 0.6) is 5.75 Å². The molecule has 0 radical (unpaired) electrons. The van der Waals surface area contributed by atoms with Crippen molar-refractivity contribution in [3.63, 3.8) is 0 Å². The van der Waals surface area contributed by atoms with Gasteiger partial charge < -0.3 is 9.47 Å². The van der Waals surface area contributed by atoms with Crippen molar-refractivity contribution in [1.82, 2.24) is 15.0 Å². The number of aromatic nitrogens is 3. The van der Waals surface area contributed by atoms with Crippen LogP contribution < -0.4 is 4.74 Å². The summed E-state index contributed by atoms with van der Waals surface area (Å²) in [7, 11) is 1.31. The number of nitrogens with zero attached hydrogens (tertiary/aromatic N) is 3. The Bertz CT molecular complexity index is 525. The molecule has 0 bridgehead atoms. The number of aryl methyl sites for hydroxylation is 1. The van der Waals surface area contributed by atoms with Gasteiger partial charge in [0.05, 0.1) is 19.9 Å². The molecular weight excluding hydrogens is 246 g/mol. The van der Waals surface area contributed by atoms with Gasteiger partial charge in [-0.3, -0.25) is 4.68 Å². The van der Waals surface area contributed by atoms with Gasteiger partial charge in [0.25, 0.3) is 0 Å². The fourth-order valence-electron chi connectivity index (χ4n) is 1.54. The van der Waals surface area contributed by atoms with E-state index < -0.39 is 5.97 Å². The molecule has 0 saturated heterocycles. The number of carbonyl (C=O) groups is 1. The number of hydrogen-bond donors (Lipinski definition) is 0. The van der Waals surface area contributed by atoms with Crippen LogP contribution in [0.4, 0.5) is 0 Å². The Morgan fingerprint density at radius 3 is 2.84 bits per heavy atom. The topological polar surface area (TPSA) is 66.2 Å². The molecule has 0 spiro atoms. The maximum absolute atomic E-state index is 11.2. The molecule has 0 aliphatic carbocycles. The zero-order valence-corrected chi connectivity index (χ0v) is 10.7.